The van der Waals surface area contributed by atoms with Crippen LogP contribution in [0.5, 0.6) is 0 Å². The van der Waals surface area contributed by atoms with E-state index in [1.165, 1.54) is 24.0 Å². The average Bonchev–Trinajstić information content (AvgIpc) is 2.51. The Morgan fingerprint density at radius 3 is 2.71 bits per heavy atom. The summed E-state index contributed by atoms with van der Waals surface area (Å²) in [7, 11) is -0.675. The summed E-state index contributed by atoms with van der Waals surface area (Å²) < 4.78 is 24.4. The van der Waals surface area contributed by atoms with Crippen LogP contribution in [-0.2, 0) is 21.7 Å². The highest BCUT2D eigenvalue weighted by molar-refractivity contribution is 7.91. The first-order valence-electron chi connectivity index (χ1n) is 3.88. The molecular weight excluding hydrogens is 206 g/mol. The van der Waals surface area contributed by atoms with Gasteiger partial charge in [-0.2, -0.15) is 0 Å². The molecule has 0 radical (unpaired) electrons. The highest BCUT2D eigenvalue weighted by Crippen LogP contribution is 2.06. The number of amides is 1. The fraction of sp³-hybridized carbons (Fsp3) is 0.429. The SMILES string of the molecule is CNC(=O)CS(=O)(=O)c1nccn1C. The first-order valence-corrected chi connectivity index (χ1v) is 5.53. The molecule has 0 unspecified atom stereocenters. The Morgan fingerprint density at radius 1 is 1.64 bits per heavy atom. The first kappa shape index (κ1) is 10.7. The molecular formula is C7H11N3O3S. The Hall–Kier alpha value is -1.37. The minimum Gasteiger partial charge on any atom is -0.358 e. The Labute approximate surface area is 81.9 Å². The molecule has 0 atom stereocenters. The largest absolute Gasteiger partial charge is 0.358 e. The summed E-state index contributed by atoms with van der Waals surface area (Å²) in [6, 6.07) is 0. The van der Waals surface area contributed by atoms with E-state index in [4.69, 9.17) is 0 Å². The maximum atomic E-state index is 11.5. The van der Waals surface area contributed by atoms with Crippen molar-refractivity contribution in [3.63, 3.8) is 0 Å². The molecule has 1 aromatic heterocycles. The average molecular weight is 217 g/mol. The Bertz CT molecular complexity index is 435. The maximum Gasteiger partial charge on any atom is 0.235 e. The van der Waals surface area contributed by atoms with Crippen molar-refractivity contribution in [3.05, 3.63) is 12.4 Å². The number of carbonyl (C=O) groups excluding carboxylic acids is 1. The molecule has 6 nitrogen and oxygen atoms in total. The molecule has 0 aliphatic heterocycles. The summed E-state index contributed by atoms with van der Waals surface area (Å²) in [6.45, 7) is 0. The van der Waals surface area contributed by atoms with Crippen LogP contribution in [0.1, 0.15) is 0 Å². The number of hydrogen-bond acceptors (Lipinski definition) is 4. The van der Waals surface area contributed by atoms with Gasteiger partial charge in [-0.3, -0.25) is 4.79 Å². The van der Waals surface area contributed by atoms with Crippen molar-refractivity contribution in [3.8, 4) is 0 Å². The number of carbonyl (C=O) groups is 1. The molecule has 0 bridgehead atoms. The molecule has 0 spiro atoms. The molecule has 0 aromatic carbocycles. The number of aryl methyl sites for hydroxylation is 1. The van der Waals surface area contributed by atoms with E-state index in [9.17, 15) is 13.2 Å². The van der Waals surface area contributed by atoms with Gasteiger partial charge in [0.15, 0.2) is 0 Å². The molecule has 1 N–H and O–H groups in total. The second kappa shape index (κ2) is 3.79. The molecule has 1 rings (SSSR count). The van der Waals surface area contributed by atoms with Gasteiger partial charge in [0, 0.05) is 26.5 Å². The Balaban J connectivity index is 2.98. The van der Waals surface area contributed by atoms with E-state index in [1.54, 1.807) is 7.05 Å². The van der Waals surface area contributed by atoms with Crippen LogP contribution in [0.4, 0.5) is 0 Å². The third kappa shape index (κ3) is 2.11. The summed E-state index contributed by atoms with van der Waals surface area (Å²) in [6.07, 6.45) is 2.88. The minimum atomic E-state index is -3.62. The molecule has 0 aliphatic rings. The molecule has 0 saturated carbocycles. The van der Waals surface area contributed by atoms with Crippen LogP contribution in [0.15, 0.2) is 17.6 Å². The fourth-order valence-corrected chi connectivity index (χ4v) is 2.30. The summed E-state index contributed by atoms with van der Waals surface area (Å²) in [5.74, 6) is -1.12. The molecule has 0 aliphatic carbocycles. The number of sulfone groups is 1. The van der Waals surface area contributed by atoms with E-state index in [0.29, 0.717) is 0 Å². The monoisotopic (exact) mass is 217 g/mol. The van der Waals surface area contributed by atoms with E-state index in [2.05, 4.69) is 10.3 Å². The topological polar surface area (TPSA) is 81.1 Å². The molecule has 0 fully saturated rings. The second-order valence-electron chi connectivity index (χ2n) is 2.75. The van der Waals surface area contributed by atoms with Crippen LogP contribution < -0.4 is 5.32 Å². The van der Waals surface area contributed by atoms with E-state index >= 15 is 0 Å². The number of nitrogens with one attached hydrogen (secondary N) is 1. The van der Waals surface area contributed by atoms with E-state index in [1.807, 2.05) is 0 Å². The summed E-state index contributed by atoms with van der Waals surface area (Å²) in [5, 5.41) is 2.15. The van der Waals surface area contributed by atoms with E-state index in [0.717, 1.165) is 0 Å². The molecule has 1 heterocycles. The van der Waals surface area contributed by atoms with Gasteiger partial charge >= 0.3 is 0 Å². The zero-order chi connectivity index (χ0) is 10.8. The summed E-state index contributed by atoms with van der Waals surface area (Å²) in [5.41, 5.74) is 0. The number of nitrogens with zero attached hydrogens (tertiary/aromatic N) is 2. The summed E-state index contributed by atoms with van der Waals surface area (Å²) >= 11 is 0. The summed E-state index contributed by atoms with van der Waals surface area (Å²) in [4.78, 5) is 14.6. The van der Waals surface area contributed by atoms with Crippen molar-refractivity contribution < 1.29 is 13.2 Å². The van der Waals surface area contributed by atoms with Gasteiger partial charge in [0.25, 0.3) is 0 Å². The van der Waals surface area contributed by atoms with Crippen molar-refractivity contribution in [2.24, 2.45) is 7.05 Å². The highest BCUT2D eigenvalue weighted by atomic mass is 32.2. The van der Waals surface area contributed by atoms with Gasteiger partial charge in [0.2, 0.25) is 20.9 Å². The van der Waals surface area contributed by atoms with Crippen LogP contribution in [0.25, 0.3) is 0 Å². The standard InChI is InChI=1S/C7H11N3O3S/c1-8-6(11)5-14(12,13)7-9-3-4-10(7)2/h3-4H,5H2,1-2H3,(H,8,11). The molecule has 14 heavy (non-hydrogen) atoms. The lowest BCUT2D eigenvalue weighted by Crippen LogP contribution is -2.28. The van der Waals surface area contributed by atoms with Gasteiger partial charge in [-0.25, -0.2) is 13.4 Å². The first-order chi connectivity index (χ1) is 6.47. The smallest absolute Gasteiger partial charge is 0.235 e. The second-order valence-corrected chi connectivity index (χ2v) is 4.64. The quantitative estimate of drug-likeness (QED) is 0.699. The minimum absolute atomic E-state index is 0.0962. The van der Waals surface area contributed by atoms with Gasteiger partial charge < -0.3 is 9.88 Å². The fourth-order valence-electron chi connectivity index (χ4n) is 0.961. The molecule has 1 aromatic rings. The lowest BCUT2D eigenvalue weighted by atomic mass is 10.7. The zero-order valence-electron chi connectivity index (χ0n) is 7.89. The van der Waals surface area contributed by atoms with Crippen LogP contribution in [0.3, 0.4) is 0 Å². The van der Waals surface area contributed by atoms with E-state index in [-0.39, 0.29) is 5.16 Å². The zero-order valence-corrected chi connectivity index (χ0v) is 8.71. The van der Waals surface area contributed by atoms with E-state index < -0.39 is 21.5 Å². The van der Waals surface area contributed by atoms with Gasteiger partial charge in [-0.15, -0.1) is 0 Å². The van der Waals surface area contributed by atoms with Gasteiger partial charge in [-0.1, -0.05) is 0 Å². The van der Waals surface area contributed by atoms with Gasteiger partial charge in [0.05, 0.1) is 0 Å². The highest BCUT2D eigenvalue weighted by Gasteiger charge is 2.22. The van der Waals surface area contributed by atoms with Crippen LogP contribution >= 0.6 is 0 Å². The Kier molecular flexibility index (Phi) is 2.90. The third-order valence-electron chi connectivity index (χ3n) is 1.66. The Morgan fingerprint density at radius 2 is 2.29 bits per heavy atom. The lowest BCUT2D eigenvalue weighted by Gasteiger charge is -2.02. The van der Waals surface area contributed by atoms with Crippen molar-refractivity contribution in [1.29, 1.82) is 0 Å². The van der Waals surface area contributed by atoms with Crippen molar-refractivity contribution in [2.45, 2.75) is 5.16 Å². The maximum absolute atomic E-state index is 11.5. The molecule has 1 amide bonds. The van der Waals surface area contributed by atoms with Crippen LogP contribution in [-0.4, -0.2) is 36.7 Å². The predicted molar refractivity (Wildman–Crippen MR) is 49.3 cm³/mol. The van der Waals surface area contributed by atoms with Crippen molar-refractivity contribution in [2.75, 3.05) is 12.8 Å². The molecule has 7 heteroatoms. The van der Waals surface area contributed by atoms with Gasteiger partial charge in [-0.05, 0) is 0 Å². The third-order valence-corrected chi connectivity index (χ3v) is 3.25. The van der Waals surface area contributed by atoms with Crippen molar-refractivity contribution in [1.82, 2.24) is 14.9 Å². The predicted octanol–water partition coefficient (Wildman–Crippen LogP) is -1.06. The number of aromatic nitrogens is 2. The molecule has 0 saturated heterocycles. The normalized spacial score (nSPS) is 11.3. The lowest BCUT2D eigenvalue weighted by molar-refractivity contribution is -0.118. The van der Waals surface area contributed by atoms with Crippen molar-refractivity contribution >= 4 is 15.7 Å². The van der Waals surface area contributed by atoms with Crippen LogP contribution in [0, 0.1) is 0 Å². The van der Waals surface area contributed by atoms with Crippen LogP contribution in [0.2, 0.25) is 0 Å². The number of imidazole rings is 1. The van der Waals surface area contributed by atoms with Gasteiger partial charge in [0.1, 0.15) is 5.75 Å². The number of hydrogen-bond donors (Lipinski definition) is 1. The number of rotatable bonds is 3. The molecule has 78 valence electrons.